The highest BCUT2D eigenvalue weighted by molar-refractivity contribution is 7.80. The van der Waals surface area contributed by atoms with Crippen LogP contribution in [0.4, 0.5) is 11.4 Å². The van der Waals surface area contributed by atoms with E-state index in [0.717, 1.165) is 9.69 Å². The first-order chi connectivity index (χ1) is 11.2. The second kappa shape index (κ2) is 6.81. The van der Waals surface area contributed by atoms with Crippen molar-refractivity contribution in [2.75, 3.05) is 5.01 Å². The number of nitrogens with two attached hydrogens (primary N) is 1. The van der Waals surface area contributed by atoms with Gasteiger partial charge < -0.3 is 5.73 Å². The molecule has 0 unspecified atom stereocenters. The number of rotatable bonds is 3. The average molecular weight is 369 g/mol. The van der Waals surface area contributed by atoms with Crippen molar-refractivity contribution in [2.24, 2.45) is 12.8 Å². The highest BCUT2D eigenvalue weighted by atomic mass is 35.5. The van der Waals surface area contributed by atoms with Gasteiger partial charge in [0.25, 0.3) is 5.91 Å². The Kier molecular flexibility index (Phi) is 5.00. The summed E-state index contributed by atoms with van der Waals surface area (Å²) in [5, 5.41) is 16.6. The first-order valence-electron chi connectivity index (χ1n) is 6.56. The molecule has 0 spiro atoms. The van der Waals surface area contributed by atoms with Gasteiger partial charge in [-0.15, -0.1) is 0 Å². The molecule has 1 heterocycles. The second-order valence-corrected chi connectivity index (χ2v) is 5.61. The van der Waals surface area contributed by atoms with Crippen LogP contribution in [0.5, 0.6) is 0 Å². The van der Waals surface area contributed by atoms with Crippen molar-refractivity contribution in [3.8, 4) is 0 Å². The molecule has 0 saturated heterocycles. The van der Waals surface area contributed by atoms with Crippen LogP contribution < -0.4 is 16.2 Å². The van der Waals surface area contributed by atoms with Crippen LogP contribution in [0.2, 0.25) is 5.02 Å². The number of thiocarbonyl (C=S) groups is 1. The minimum absolute atomic E-state index is 0.126. The van der Waals surface area contributed by atoms with Gasteiger partial charge >= 0.3 is 5.69 Å². The molecule has 1 amide bonds. The molecule has 0 aliphatic rings. The number of aromatic nitrogens is 2. The summed E-state index contributed by atoms with van der Waals surface area (Å²) in [7, 11) is 1.43. The van der Waals surface area contributed by atoms with Gasteiger partial charge in [-0.05, 0) is 43.4 Å². The fraction of sp³-hybridized carbons (Fsp3) is 0.154. The molecule has 0 saturated carbocycles. The van der Waals surface area contributed by atoms with Crippen LogP contribution in [0, 0.1) is 17.0 Å². The highest BCUT2D eigenvalue weighted by Gasteiger charge is 2.30. The predicted molar refractivity (Wildman–Crippen MR) is 92.8 cm³/mol. The maximum atomic E-state index is 12.5. The van der Waals surface area contributed by atoms with Crippen LogP contribution in [-0.4, -0.2) is 25.7 Å². The number of carbonyl (C=O) groups excluding carboxylic acids is 1. The molecular formula is C13H13ClN6O3S. The number of hydrazine groups is 1. The first-order valence-corrected chi connectivity index (χ1v) is 7.35. The molecule has 24 heavy (non-hydrogen) atoms. The summed E-state index contributed by atoms with van der Waals surface area (Å²) >= 11 is 10.7. The van der Waals surface area contributed by atoms with Crippen LogP contribution in [-0.2, 0) is 7.05 Å². The number of nitro groups is 1. The molecule has 0 bridgehead atoms. The maximum Gasteiger partial charge on any atom is 0.322 e. The third-order valence-corrected chi connectivity index (χ3v) is 3.54. The molecule has 0 fully saturated rings. The Balaban J connectivity index is 2.38. The largest absolute Gasteiger partial charge is 0.374 e. The number of carbonyl (C=O) groups is 1. The molecule has 0 aliphatic heterocycles. The van der Waals surface area contributed by atoms with Gasteiger partial charge in [-0.25, -0.2) is 5.01 Å². The van der Waals surface area contributed by atoms with Crippen LogP contribution in [0.15, 0.2) is 24.3 Å². The van der Waals surface area contributed by atoms with Gasteiger partial charge in [0, 0.05) is 12.1 Å². The molecule has 0 atom stereocenters. The molecule has 0 aliphatic carbocycles. The number of nitrogens with one attached hydrogen (secondary N) is 1. The fourth-order valence-electron chi connectivity index (χ4n) is 2.11. The topological polar surface area (TPSA) is 119 Å². The predicted octanol–water partition coefficient (Wildman–Crippen LogP) is 1.69. The lowest BCUT2D eigenvalue weighted by molar-refractivity contribution is -0.385. The molecule has 126 valence electrons. The van der Waals surface area contributed by atoms with Gasteiger partial charge in [-0.1, -0.05) is 11.6 Å². The zero-order valence-electron chi connectivity index (χ0n) is 12.7. The lowest BCUT2D eigenvalue weighted by atomic mass is 10.3. The zero-order chi connectivity index (χ0) is 18.0. The van der Waals surface area contributed by atoms with Gasteiger partial charge in [-0.2, -0.15) is 5.10 Å². The van der Waals surface area contributed by atoms with Gasteiger partial charge in [0.05, 0.1) is 10.6 Å². The van der Waals surface area contributed by atoms with E-state index >= 15 is 0 Å². The number of nitrogens with zero attached hydrogens (tertiary/aromatic N) is 4. The normalized spacial score (nSPS) is 10.3. The molecule has 2 rings (SSSR count). The number of amides is 1. The van der Waals surface area contributed by atoms with Crippen LogP contribution >= 0.6 is 23.8 Å². The van der Waals surface area contributed by atoms with E-state index in [9.17, 15) is 14.9 Å². The molecule has 3 N–H and O–H groups in total. The van der Waals surface area contributed by atoms with Crippen molar-refractivity contribution >= 4 is 46.2 Å². The van der Waals surface area contributed by atoms with Gasteiger partial charge in [0.2, 0.25) is 5.69 Å². The number of anilines is 1. The minimum Gasteiger partial charge on any atom is -0.374 e. The highest BCUT2D eigenvalue weighted by Crippen LogP contribution is 2.23. The number of hydrogen-bond acceptors (Lipinski definition) is 5. The summed E-state index contributed by atoms with van der Waals surface area (Å²) in [5.74, 6) is -0.771. The summed E-state index contributed by atoms with van der Waals surface area (Å²) in [6.07, 6.45) is 0. The smallest absolute Gasteiger partial charge is 0.322 e. The Hall–Kier alpha value is -2.72. The Morgan fingerprint density at radius 2 is 2.04 bits per heavy atom. The van der Waals surface area contributed by atoms with Crippen molar-refractivity contribution < 1.29 is 9.72 Å². The van der Waals surface area contributed by atoms with Crippen LogP contribution in [0.25, 0.3) is 0 Å². The molecule has 1 aromatic carbocycles. The molecule has 1 aromatic heterocycles. The summed E-state index contributed by atoms with van der Waals surface area (Å²) in [6, 6.07) is 6.35. The summed E-state index contributed by atoms with van der Waals surface area (Å²) in [4.78, 5) is 23.0. The van der Waals surface area contributed by atoms with E-state index in [1.165, 1.54) is 14.0 Å². The number of benzene rings is 1. The van der Waals surface area contributed by atoms with Crippen molar-refractivity contribution in [1.82, 2.24) is 15.2 Å². The third-order valence-electron chi connectivity index (χ3n) is 3.11. The van der Waals surface area contributed by atoms with E-state index in [0.29, 0.717) is 10.7 Å². The Bertz CT molecular complexity index is 820. The number of hydrogen-bond donors (Lipinski definition) is 2. The zero-order valence-corrected chi connectivity index (χ0v) is 14.3. The Morgan fingerprint density at radius 3 is 2.54 bits per heavy atom. The quantitative estimate of drug-likeness (QED) is 0.480. The lowest BCUT2D eigenvalue weighted by Gasteiger charge is -2.23. The summed E-state index contributed by atoms with van der Waals surface area (Å²) in [6.45, 7) is 1.44. The third kappa shape index (κ3) is 3.44. The van der Waals surface area contributed by atoms with E-state index in [-0.39, 0.29) is 22.2 Å². The number of halogens is 1. The van der Waals surface area contributed by atoms with Crippen molar-refractivity contribution in [3.63, 3.8) is 0 Å². The fourth-order valence-corrected chi connectivity index (χ4v) is 2.39. The molecule has 9 nitrogen and oxygen atoms in total. The van der Waals surface area contributed by atoms with Crippen LogP contribution in [0.1, 0.15) is 16.2 Å². The van der Waals surface area contributed by atoms with Gasteiger partial charge in [0.1, 0.15) is 5.69 Å². The molecule has 2 aromatic rings. The van der Waals surface area contributed by atoms with Crippen molar-refractivity contribution in [2.45, 2.75) is 6.92 Å². The second-order valence-electron chi connectivity index (χ2n) is 4.75. The van der Waals surface area contributed by atoms with E-state index in [1.807, 2.05) is 0 Å². The monoisotopic (exact) mass is 368 g/mol. The lowest BCUT2D eigenvalue weighted by Crippen LogP contribution is -2.49. The van der Waals surface area contributed by atoms with Gasteiger partial charge in [-0.3, -0.25) is 25.0 Å². The first kappa shape index (κ1) is 17.6. The molecular weight excluding hydrogens is 356 g/mol. The van der Waals surface area contributed by atoms with Crippen molar-refractivity contribution in [3.05, 3.63) is 50.8 Å². The molecule has 0 radical (unpaired) electrons. The van der Waals surface area contributed by atoms with E-state index in [2.05, 4.69) is 10.5 Å². The van der Waals surface area contributed by atoms with E-state index in [4.69, 9.17) is 29.6 Å². The average Bonchev–Trinajstić information content (AvgIpc) is 2.80. The SMILES string of the molecule is Cc1nn(C)c(C(=O)NN(C(N)=S)c2ccc(Cl)cc2)c1[N+](=O)[O-]. The van der Waals surface area contributed by atoms with E-state index in [1.54, 1.807) is 24.3 Å². The van der Waals surface area contributed by atoms with Gasteiger partial charge in [0.15, 0.2) is 5.11 Å². The van der Waals surface area contributed by atoms with E-state index < -0.39 is 10.8 Å². The standard InChI is InChI=1S/C13H13ClN6O3S/c1-7-10(20(22)23)11(18(2)16-7)12(21)17-19(13(15)24)9-5-3-8(14)4-6-9/h3-6H,1-2H3,(H2,15,24)(H,17,21). The summed E-state index contributed by atoms with van der Waals surface area (Å²) < 4.78 is 1.13. The Morgan fingerprint density at radius 1 is 1.46 bits per heavy atom. The van der Waals surface area contributed by atoms with Crippen LogP contribution in [0.3, 0.4) is 0 Å². The Labute approximate surface area is 147 Å². The summed E-state index contributed by atoms with van der Waals surface area (Å²) in [5.41, 5.74) is 8.04. The minimum atomic E-state index is -0.771. The van der Waals surface area contributed by atoms with Crippen molar-refractivity contribution in [1.29, 1.82) is 0 Å². The number of aryl methyl sites for hydroxylation is 2. The molecule has 11 heteroatoms. The maximum absolute atomic E-state index is 12.5.